The second-order valence-corrected chi connectivity index (χ2v) is 6.89. The number of aromatic amines is 1. The minimum Gasteiger partial charge on any atom is -0.298 e. The van der Waals surface area contributed by atoms with E-state index in [2.05, 4.69) is 15.2 Å². The maximum Gasteiger partial charge on any atom is 0.208 e. The standard InChI is InChI=1S/C13H21N3OS/c1-13(2,3)10(17)8-18-12-14-11(15-16-12)9-6-4-5-7-9/h9H,4-8H2,1-3H3,(H,14,15,16). The van der Waals surface area contributed by atoms with Gasteiger partial charge in [0.25, 0.3) is 0 Å². The van der Waals surface area contributed by atoms with E-state index in [9.17, 15) is 4.79 Å². The minimum absolute atomic E-state index is 0.236. The molecule has 0 unspecified atom stereocenters. The van der Waals surface area contributed by atoms with Gasteiger partial charge in [0.1, 0.15) is 11.6 Å². The van der Waals surface area contributed by atoms with Crippen molar-refractivity contribution >= 4 is 17.5 Å². The first-order chi connectivity index (χ1) is 8.47. The van der Waals surface area contributed by atoms with Crippen molar-refractivity contribution in [1.29, 1.82) is 0 Å². The zero-order valence-electron chi connectivity index (χ0n) is 11.3. The quantitative estimate of drug-likeness (QED) is 0.851. The molecule has 2 rings (SSSR count). The Balaban J connectivity index is 1.89. The van der Waals surface area contributed by atoms with Crippen molar-refractivity contribution in [3.8, 4) is 0 Å². The molecule has 0 atom stereocenters. The predicted octanol–water partition coefficient (Wildman–Crippen LogP) is 3.17. The van der Waals surface area contributed by atoms with Gasteiger partial charge in [-0.25, -0.2) is 4.98 Å². The molecule has 1 aliphatic carbocycles. The SMILES string of the molecule is CC(C)(C)C(=O)CSc1n[nH]c(C2CCCC2)n1. The fourth-order valence-electron chi connectivity index (χ4n) is 2.05. The van der Waals surface area contributed by atoms with Gasteiger partial charge in [-0.2, -0.15) is 0 Å². The zero-order chi connectivity index (χ0) is 13.2. The molecule has 100 valence electrons. The minimum atomic E-state index is -0.280. The molecule has 0 aliphatic heterocycles. The predicted molar refractivity (Wildman–Crippen MR) is 72.8 cm³/mol. The largest absolute Gasteiger partial charge is 0.298 e. The van der Waals surface area contributed by atoms with Crippen molar-refractivity contribution < 1.29 is 4.79 Å². The molecule has 1 saturated carbocycles. The van der Waals surface area contributed by atoms with E-state index in [-0.39, 0.29) is 11.2 Å². The maximum absolute atomic E-state index is 11.8. The smallest absolute Gasteiger partial charge is 0.208 e. The van der Waals surface area contributed by atoms with Gasteiger partial charge >= 0.3 is 0 Å². The number of ketones is 1. The van der Waals surface area contributed by atoms with Crippen LogP contribution in [-0.4, -0.2) is 26.7 Å². The Morgan fingerprint density at radius 1 is 1.39 bits per heavy atom. The average molecular weight is 267 g/mol. The van der Waals surface area contributed by atoms with E-state index >= 15 is 0 Å². The number of carbonyl (C=O) groups excluding carboxylic acids is 1. The lowest BCUT2D eigenvalue weighted by atomic mass is 9.92. The fourth-order valence-corrected chi connectivity index (χ4v) is 3.02. The molecule has 0 spiro atoms. The number of rotatable bonds is 4. The number of carbonyl (C=O) groups is 1. The summed E-state index contributed by atoms with van der Waals surface area (Å²) in [6, 6.07) is 0. The molecule has 0 radical (unpaired) electrons. The molecule has 1 heterocycles. The number of nitrogens with one attached hydrogen (secondary N) is 1. The molecule has 4 nitrogen and oxygen atoms in total. The molecule has 0 saturated heterocycles. The first kappa shape index (κ1) is 13.6. The molecular weight excluding hydrogens is 246 g/mol. The van der Waals surface area contributed by atoms with Gasteiger partial charge in [-0.1, -0.05) is 45.4 Å². The van der Waals surface area contributed by atoms with Crippen LogP contribution in [0.4, 0.5) is 0 Å². The van der Waals surface area contributed by atoms with Crippen molar-refractivity contribution in [2.75, 3.05) is 5.75 Å². The van der Waals surface area contributed by atoms with Crippen molar-refractivity contribution in [1.82, 2.24) is 15.2 Å². The summed E-state index contributed by atoms with van der Waals surface area (Å²) < 4.78 is 0. The Bertz CT molecular complexity index is 416. The topological polar surface area (TPSA) is 58.6 Å². The lowest BCUT2D eigenvalue weighted by Crippen LogP contribution is -2.22. The summed E-state index contributed by atoms with van der Waals surface area (Å²) in [6.45, 7) is 5.83. The Morgan fingerprint density at radius 3 is 2.67 bits per heavy atom. The highest BCUT2D eigenvalue weighted by Crippen LogP contribution is 2.32. The van der Waals surface area contributed by atoms with Gasteiger partial charge in [0.05, 0.1) is 5.75 Å². The molecule has 0 bridgehead atoms. The number of aromatic nitrogens is 3. The van der Waals surface area contributed by atoms with Crippen molar-refractivity contribution in [3.63, 3.8) is 0 Å². The highest BCUT2D eigenvalue weighted by molar-refractivity contribution is 7.99. The summed E-state index contributed by atoms with van der Waals surface area (Å²) in [5.74, 6) is 2.23. The van der Waals surface area contributed by atoms with Crippen LogP contribution in [0, 0.1) is 5.41 Å². The lowest BCUT2D eigenvalue weighted by molar-refractivity contribution is -0.123. The van der Waals surface area contributed by atoms with Crippen LogP contribution in [0.25, 0.3) is 0 Å². The molecule has 0 amide bonds. The first-order valence-corrected chi connectivity index (χ1v) is 7.54. The second-order valence-electron chi connectivity index (χ2n) is 5.95. The van der Waals surface area contributed by atoms with E-state index in [1.807, 2.05) is 20.8 Å². The number of hydrogen-bond donors (Lipinski definition) is 1. The van der Waals surface area contributed by atoms with Gasteiger partial charge in [-0.3, -0.25) is 9.89 Å². The number of thioether (sulfide) groups is 1. The van der Waals surface area contributed by atoms with Crippen LogP contribution >= 0.6 is 11.8 Å². The fraction of sp³-hybridized carbons (Fsp3) is 0.769. The van der Waals surface area contributed by atoms with Crippen molar-refractivity contribution in [2.24, 2.45) is 5.41 Å². The van der Waals surface area contributed by atoms with Crippen LogP contribution in [0.15, 0.2) is 5.16 Å². The summed E-state index contributed by atoms with van der Waals surface area (Å²) in [5, 5.41) is 7.91. The third kappa shape index (κ3) is 3.34. The van der Waals surface area contributed by atoms with E-state index in [1.54, 1.807) is 0 Å². The average Bonchev–Trinajstić information content (AvgIpc) is 2.94. The van der Waals surface area contributed by atoms with Gasteiger partial charge < -0.3 is 0 Å². The van der Waals surface area contributed by atoms with Crippen LogP contribution < -0.4 is 0 Å². The van der Waals surface area contributed by atoms with E-state index < -0.39 is 0 Å². The van der Waals surface area contributed by atoms with Gasteiger partial charge in [-0.15, -0.1) is 5.10 Å². The van der Waals surface area contributed by atoms with Crippen molar-refractivity contribution in [2.45, 2.75) is 57.5 Å². The molecule has 5 heteroatoms. The molecule has 1 N–H and O–H groups in total. The highest BCUT2D eigenvalue weighted by Gasteiger charge is 2.23. The Kier molecular flexibility index (Phi) is 4.10. The molecule has 18 heavy (non-hydrogen) atoms. The molecule has 1 fully saturated rings. The van der Waals surface area contributed by atoms with E-state index in [0.29, 0.717) is 16.8 Å². The van der Waals surface area contributed by atoms with E-state index in [0.717, 1.165) is 5.82 Å². The Morgan fingerprint density at radius 2 is 2.06 bits per heavy atom. The molecule has 1 aliphatic rings. The van der Waals surface area contributed by atoms with Crippen LogP contribution in [0.5, 0.6) is 0 Å². The number of nitrogens with zero attached hydrogens (tertiary/aromatic N) is 2. The zero-order valence-corrected chi connectivity index (χ0v) is 12.1. The Hall–Kier alpha value is -0.840. The molecule has 1 aromatic heterocycles. The van der Waals surface area contributed by atoms with Gasteiger partial charge in [-0.05, 0) is 12.8 Å². The Labute approximate surface area is 112 Å². The first-order valence-electron chi connectivity index (χ1n) is 6.55. The summed E-state index contributed by atoms with van der Waals surface area (Å²) in [4.78, 5) is 16.3. The summed E-state index contributed by atoms with van der Waals surface area (Å²) >= 11 is 1.43. The number of hydrogen-bond acceptors (Lipinski definition) is 4. The second kappa shape index (κ2) is 5.43. The molecule has 1 aromatic rings. The summed E-state index contributed by atoms with van der Waals surface area (Å²) in [6.07, 6.45) is 4.99. The van der Waals surface area contributed by atoms with Gasteiger partial charge in [0.2, 0.25) is 5.16 Å². The molecule has 0 aromatic carbocycles. The molecular formula is C13H21N3OS. The van der Waals surface area contributed by atoms with Crippen LogP contribution in [-0.2, 0) is 4.79 Å². The summed E-state index contributed by atoms with van der Waals surface area (Å²) in [5.41, 5.74) is -0.280. The van der Waals surface area contributed by atoms with E-state index in [1.165, 1.54) is 37.4 Å². The van der Waals surface area contributed by atoms with Crippen LogP contribution in [0.2, 0.25) is 0 Å². The van der Waals surface area contributed by atoms with Crippen LogP contribution in [0.1, 0.15) is 58.2 Å². The van der Waals surface area contributed by atoms with Crippen LogP contribution in [0.3, 0.4) is 0 Å². The van der Waals surface area contributed by atoms with Gasteiger partial charge in [0, 0.05) is 11.3 Å². The lowest BCUT2D eigenvalue weighted by Gasteiger charge is -2.15. The number of H-pyrrole nitrogens is 1. The van der Waals surface area contributed by atoms with Crippen molar-refractivity contribution in [3.05, 3.63) is 5.82 Å². The highest BCUT2D eigenvalue weighted by atomic mass is 32.2. The normalized spacial score (nSPS) is 17.3. The maximum atomic E-state index is 11.8. The summed E-state index contributed by atoms with van der Waals surface area (Å²) in [7, 11) is 0. The third-order valence-electron chi connectivity index (χ3n) is 3.39. The third-order valence-corrected chi connectivity index (χ3v) is 4.24. The monoisotopic (exact) mass is 267 g/mol. The van der Waals surface area contributed by atoms with Gasteiger partial charge in [0.15, 0.2) is 0 Å². The number of Topliss-reactive ketones (excluding diaryl/α,β-unsaturated/α-hetero) is 1. The van der Waals surface area contributed by atoms with E-state index in [4.69, 9.17) is 0 Å².